The Labute approximate surface area is 238 Å². The Morgan fingerprint density at radius 2 is 0.486 bits per heavy atom. The third kappa shape index (κ3) is 30.4. The molecule has 0 fully saturated rings. The lowest BCUT2D eigenvalue weighted by Gasteiger charge is -2.14. The van der Waals surface area contributed by atoms with Crippen LogP contribution in [0.2, 0.25) is 0 Å². The van der Waals surface area contributed by atoms with Gasteiger partial charge in [0.15, 0.2) is 0 Å². The summed E-state index contributed by atoms with van der Waals surface area (Å²) in [7, 11) is 0. The van der Waals surface area contributed by atoms with Crippen LogP contribution in [-0.2, 0) is 0 Å². The second-order valence-corrected chi connectivity index (χ2v) is 13.5. The van der Waals surface area contributed by atoms with Gasteiger partial charge in [-0.25, -0.2) is 0 Å². The molecule has 224 valence electrons. The maximum Gasteiger partial charge on any atom is -0.0443 e. The van der Waals surface area contributed by atoms with E-state index in [-0.39, 0.29) is 0 Å². The molecule has 0 aromatic carbocycles. The molecule has 0 heteroatoms. The minimum Gasteiger partial charge on any atom is -0.0654 e. The lowest BCUT2D eigenvalue weighted by Crippen LogP contribution is -1.99. The predicted octanol–water partition coefficient (Wildman–Crippen LogP) is 14.2. The van der Waals surface area contributed by atoms with Gasteiger partial charge in [-0.15, -0.1) is 0 Å². The molecule has 0 spiro atoms. The number of unbranched alkanes of at least 4 members (excludes halogenated alkanes) is 19. The van der Waals surface area contributed by atoms with E-state index in [1.165, 1.54) is 186 Å². The van der Waals surface area contributed by atoms with E-state index in [0.717, 1.165) is 17.8 Å². The summed E-state index contributed by atoms with van der Waals surface area (Å²) >= 11 is 0. The first-order chi connectivity index (χ1) is 18.1. The fraction of sp³-hybridized carbons (Fsp3) is 1.00. The molecule has 3 unspecified atom stereocenters. The zero-order valence-corrected chi connectivity index (χ0v) is 27.2. The van der Waals surface area contributed by atoms with Gasteiger partial charge >= 0.3 is 0 Å². The highest BCUT2D eigenvalue weighted by Gasteiger charge is 2.06. The van der Waals surface area contributed by atoms with E-state index in [0.29, 0.717) is 0 Å². The summed E-state index contributed by atoms with van der Waals surface area (Å²) in [6.07, 6.45) is 42.6. The van der Waals surface area contributed by atoms with Crippen molar-refractivity contribution in [1.82, 2.24) is 0 Å². The minimum absolute atomic E-state index is 0.947. The van der Waals surface area contributed by atoms with Crippen molar-refractivity contribution >= 4 is 0 Å². The Bertz CT molecular complexity index is 399. The van der Waals surface area contributed by atoms with Gasteiger partial charge in [-0.05, 0) is 17.8 Å². The molecule has 0 bridgehead atoms. The van der Waals surface area contributed by atoms with Crippen molar-refractivity contribution in [2.24, 2.45) is 17.8 Å². The second-order valence-electron chi connectivity index (χ2n) is 13.5. The Hall–Kier alpha value is 0. The molecule has 3 atom stereocenters. The third-order valence-electron chi connectivity index (χ3n) is 9.12. The van der Waals surface area contributed by atoms with Gasteiger partial charge in [0, 0.05) is 0 Å². The molecule has 0 aromatic heterocycles. The fourth-order valence-electron chi connectivity index (χ4n) is 6.30. The van der Waals surface area contributed by atoms with Crippen LogP contribution in [0.15, 0.2) is 0 Å². The van der Waals surface area contributed by atoms with Crippen molar-refractivity contribution in [2.75, 3.05) is 0 Å². The Morgan fingerprint density at radius 1 is 0.243 bits per heavy atom. The second kappa shape index (κ2) is 30.5. The molecule has 0 radical (unpaired) electrons. The molecule has 0 aliphatic heterocycles. The van der Waals surface area contributed by atoms with Crippen LogP contribution < -0.4 is 0 Å². The Balaban J connectivity index is 3.25. The van der Waals surface area contributed by atoms with Crippen LogP contribution in [0.3, 0.4) is 0 Å². The molecule has 0 aromatic rings. The SMILES string of the molecule is CCCCCCCCCCCCCCCCCCCCC(C)CCCCCC(C)CCCC(C)CCC. The molecule has 37 heavy (non-hydrogen) atoms. The molecule has 0 nitrogen and oxygen atoms in total. The lowest BCUT2D eigenvalue weighted by molar-refractivity contribution is 0.390. The molecule has 0 aliphatic rings. The lowest BCUT2D eigenvalue weighted by atomic mass is 9.92. The summed E-state index contributed by atoms with van der Waals surface area (Å²) in [5.41, 5.74) is 0. The van der Waals surface area contributed by atoms with E-state index < -0.39 is 0 Å². The van der Waals surface area contributed by atoms with Crippen molar-refractivity contribution in [2.45, 2.75) is 221 Å². The van der Waals surface area contributed by atoms with Gasteiger partial charge in [0.05, 0.1) is 0 Å². The predicted molar refractivity (Wildman–Crippen MR) is 173 cm³/mol. The Kier molecular flexibility index (Phi) is 30.5. The molecule has 0 saturated heterocycles. The van der Waals surface area contributed by atoms with Gasteiger partial charge in [-0.2, -0.15) is 0 Å². The molecule has 0 N–H and O–H groups in total. The molecule has 0 saturated carbocycles. The van der Waals surface area contributed by atoms with Crippen LogP contribution in [0.5, 0.6) is 0 Å². The quantitative estimate of drug-likeness (QED) is 0.0797. The largest absolute Gasteiger partial charge is 0.0654 e. The van der Waals surface area contributed by atoms with E-state index in [1.54, 1.807) is 0 Å². The van der Waals surface area contributed by atoms with Crippen LogP contribution in [0.4, 0.5) is 0 Å². The van der Waals surface area contributed by atoms with E-state index >= 15 is 0 Å². The molecule has 0 amide bonds. The van der Waals surface area contributed by atoms with Crippen LogP contribution >= 0.6 is 0 Å². The topological polar surface area (TPSA) is 0 Å². The fourth-order valence-corrected chi connectivity index (χ4v) is 6.30. The summed E-state index contributed by atoms with van der Waals surface area (Å²) in [6.45, 7) is 12.1. The highest BCUT2D eigenvalue weighted by atomic mass is 14.1. The van der Waals surface area contributed by atoms with Crippen molar-refractivity contribution in [3.05, 3.63) is 0 Å². The first-order valence-electron chi connectivity index (χ1n) is 18.1. The van der Waals surface area contributed by atoms with E-state index in [4.69, 9.17) is 0 Å². The monoisotopic (exact) mass is 521 g/mol. The van der Waals surface area contributed by atoms with Crippen LogP contribution in [0.25, 0.3) is 0 Å². The minimum atomic E-state index is 0.947. The van der Waals surface area contributed by atoms with Gasteiger partial charge in [-0.1, -0.05) is 221 Å². The molecule has 0 aliphatic carbocycles. The highest BCUT2D eigenvalue weighted by molar-refractivity contribution is 4.60. The number of hydrogen-bond donors (Lipinski definition) is 0. The van der Waals surface area contributed by atoms with Gasteiger partial charge in [0.25, 0.3) is 0 Å². The maximum atomic E-state index is 2.51. The van der Waals surface area contributed by atoms with Crippen LogP contribution in [-0.4, -0.2) is 0 Å². The molecule has 0 rings (SSSR count). The average molecular weight is 521 g/mol. The summed E-state index contributed by atoms with van der Waals surface area (Å²) in [5.74, 6) is 2.85. The molecular formula is C37H76. The zero-order valence-electron chi connectivity index (χ0n) is 27.2. The van der Waals surface area contributed by atoms with Crippen molar-refractivity contribution < 1.29 is 0 Å². The number of hydrogen-bond acceptors (Lipinski definition) is 0. The first kappa shape index (κ1) is 37.0. The normalized spacial score (nSPS) is 14.2. The zero-order chi connectivity index (χ0) is 27.2. The molecule has 0 heterocycles. The van der Waals surface area contributed by atoms with Crippen LogP contribution in [0, 0.1) is 17.8 Å². The summed E-state index contributed by atoms with van der Waals surface area (Å²) in [6, 6.07) is 0. The third-order valence-corrected chi connectivity index (χ3v) is 9.12. The van der Waals surface area contributed by atoms with Gasteiger partial charge in [0.2, 0.25) is 0 Å². The Morgan fingerprint density at radius 3 is 0.811 bits per heavy atom. The maximum absolute atomic E-state index is 2.51. The van der Waals surface area contributed by atoms with Crippen LogP contribution in [0.1, 0.15) is 221 Å². The van der Waals surface area contributed by atoms with Crippen molar-refractivity contribution in [3.8, 4) is 0 Å². The van der Waals surface area contributed by atoms with E-state index in [9.17, 15) is 0 Å². The van der Waals surface area contributed by atoms with Crippen molar-refractivity contribution in [3.63, 3.8) is 0 Å². The number of rotatable bonds is 31. The van der Waals surface area contributed by atoms with Gasteiger partial charge < -0.3 is 0 Å². The first-order valence-corrected chi connectivity index (χ1v) is 18.1. The average Bonchev–Trinajstić information content (AvgIpc) is 2.88. The van der Waals surface area contributed by atoms with Crippen molar-refractivity contribution in [1.29, 1.82) is 0 Å². The summed E-state index contributed by atoms with van der Waals surface area (Å²) in [4.78, 5) is 0. The highest BCUT2D eigenvalue weighted by Crippen LogP contribution is 2.22. The standard InChI is InChI=1S/C37H76/c1-6-8-9-10-11-12-13-14-15-16-17-18-19-20-21-22-23-25-30-36(4)31-26-24-27-32-37(5)34-28-33-35(3)29-7-2/h35-37H,6-34H2,1-5H3. The van der Waals surface area contributed by atoms with Gasteiger partial charge in [0.1, 0.15) is 0 Å². The van der Waals surface area contributed by atoms with Gasteiger partial charge in [-0.3, -0.25) is 0 Å². The van der Waals surface area contributed by atoms with E-state index in [1.807, 2.05) is 0 Å². The summed E-state index contributed by atoms with van der Waals surface area (Å²) in [5, 5.41) is 0. The smallest absolute Gasteiger partial charge is 0.0443 e. The molecular weight excluding hydrogens is 444 g/mol. The summed E-state index contributed by atoms with van der Waals surface area (Å²) < 4.78 is 0. The van der Waals surface area contributed by atoms with E-state index in [2.05, 4.69) is 34.6 Å².